The standard InChI is InChI=1S/C19H17ClFN3O4.2C19H18ClN3O4.C11H9N3O/c1-28-18(26)11-6-15(14(21)7-13(11)20)23-19(27)24-10-2-3-16(24)12-8-22-17(25)5-9(12)4-10;1-27-18(25)13-8-11(2-4-15(13)20)22-19(26)23-12-3-5-16(23)14-9-21-17(24)7-10(14)6-12;1-27-18(25)13-4-2-11(8-15(13)20)22-19(26)23-12-3-5-16(23)14-9-21-17(24)7-10(14)6-12;12-11(15)14-8-1-2-10(14)9-6-13-4-3-7(9)5-8/h5-8,10,16H,2-4H2,1H3,(H,22,25)(H,23,27);2*2,4,7-9,12,16H,3,5-6H2,1H3,(H,21,24)(H,22,26);1-4,6H,5H2,(H2,12,15)/t10-,16+;2*12-,16+;/m111./s1. The van der Waals surface area contributed by atoms with Gasteiger partial charge in [-0.05, 0) is 163 Å². The van der Waals surface area contributed by atoms with Crippen molar-refractivity contribution in [1.82, 2.24) is 39.2 Å². The molecule has 25 nitrogen and oxygen atoms in total. The van der Waals surface area contributed by atoms with Gasteiger partial charge in [0.15, 0.2) is 0 Å². The van der Waals surface area contributed by atoms with E-state index in [4.69, 9.17) is 45.3 Å². The van der Waals surface area contributed by atoms with Crippen molar-refractivity contribution in [3.05, 3.63) is 229 Å². The number of aromatic amines is 3. The van der Waals surface area contributed by atoms with E-state index in [0.717, 1.165) is 101 Å². The summed E-state index contributed by atoms with van der Waals surface area (Å²) in [4.78, 5) is 137. The molecule has 3 aromatic carbocycles. The number of hydrogen-bond donors (Lipinski definition) is 7. The summed E-state index contributed by atoms with van der Waals surface area (Å²) in [6, 6.07) is 20.5. The van der Waals surface area contributed by atoms with Gasteiger partial charge in [0.25, 0.3) is 0 Å². The molecule has 97 heavy (non-hydrogen) atoms. The topological polar surface area (TPSA) is 335 Å². The first-order valence-corrected chi connectivity index (χ1v) is 31.9. The fourth-order valence-electron chi connectivity index (χ4n) is 14.2. The van der Waals surface area contributed by atoms with E-state index in [2.05, 4.69) is 45.4 Å². The molecule has 8 aromatic rings. The van der Waals surface area contributed by atoms with Crippen LogP contribution in [0.4, 0.5) is 40.6 Å². The Morgan fingerprint density at radius 2 is 0.979 bits per heavy atom. The van der Waals surface area contributed by atoms with Crippen molar-refractivity contribution in [2.75, 3.05) is 37.3 Å². The zero-order valence-electron chi connectivity index (χ0n) is 52.1. The first kappa shape index (κ1) is 66.5. The third kappa shape index (κ3) is 13.3. The summed E-state index contributed by atoms with van der Waals surface area (Å²) >= 11 is 18.0. The summed E-state index contributed by atoms with van der Waals surface area (Å²) in [7, 11) is 3.75. The number of primary amides is 1. The SMILES string of the molecule is COC(=O)c1cc(NC(=O)N2[C@@H]3CC[C@H]2c2c[nH]c(=O)cc2C3)c(F)cc1Cl.COC(=O)c1cc(NC(=O)N2[C@@H]3CC[C@H]2c2c[nH]c(=O)cc2C3)ccc1Cl.COC(=O)c1ccc(NC(=O)N2[C@@H]3CC[C@H]2c2c[nH]c(=O)cc2C3)cc1Cl.NC(=O)n1c2ccc1-c1cnccc1C2. The molecule has 7 aliphatic rings. The third-order valence-electron chi connectivity index (χ3n) is 18.5. The first-order chi connectivity index (χ1) is 46.6. The predicted octanol–water partition coefficient (Wildman–Crippen LogP) is 10.8. The average molecular weight is 1380 g/mol. The number of rotatable bonds is 6. The Morgan fingerprint density at radius 3 is 1.46 bits per heavy atom. The lowest BCUT2D eigenvalue weighted by atomic mass is 9.95. The molecule has 8 N–H and O–H groups in total. The highest BCUT2D eigenvalue weighted by Gasteiger charge is 2.46. The van der Waals surface area contributed by atoms with Crippen LogP contribution < -0.4 is 38.4 Å². The number of aromatic nitrogens is 5. The van der Waals surface area contributed by atoms with Crippen LogP contribution in [0.1, 0.15) is 132 Å². The number of H-pyrrole nitrogens is 3. The second-order valence-electron chi connectivity index (χ2n) is 24.0. The number of methoxy groups -OCH3 is 3. The van der Waals surface area contributed by atoms with Gasteiger partial charge in [0.1, 0.15) is 5.82 Å². The third-order valence-corrected chi connectivity index (χ3v) is 19.4. The second kappa shape index (κ2) is 27.6. The number of carbonyl (C=O) groups excluding carboxylic acids is 7. The van der Waals surface area contributed by atoms with Gasteiger partial charge < -0.3 is 65.5 Å². The molecular weight excluding hydrogens is 1320 g/mol. The van der Waals surface area contributed by atoms with Crippen LogP contribution in [0.2, 0.25) is 15.1 Å². The van der Waals surface area contributed by atoms with Crippen LogP contribution in [-0.2, 0) is 39.9 Å². The van der Waals surface area contributed by atoms with Gasteiger partial charge in [0, 0.05) is 96.4 Å². The molecule has 7 amide bonds. The maximum Gasteiger partial charge on any atom is 0.339 e. The van der Waals surface area contributed by atoms with Gasteiger partial charge in [0.05, 0.1) is 82.6 Å². The minimum atomic E-state index is -0.750. The minimum absolute atomic E-state index is 0.0367. The summed E-state index contributed by atoms with van der Waals surface area (Å²) in [5, 5.41) is 8.62. The number of hydrogen-bond acceptors (Lipinski definition) is 14. The lowest BCUT2D eigenvalue weighted by Gasteiger charge is -2.36. The van der Waals surface area contributed by atoms with Gasteiger partial charge in [0.2, 0.25) is 16.7 Å². The number of amides is 7. The smallest absolute Gasteiger partial charge is 0.339 e. The molecule has 8 bridgehead atoms. The molecule has 3 saturated heterocycles. The molecule has 0 aliphatic carbocycles. The number of nitrogens with one attached hydrogen (secondary N) is 6. The summed E-state index contributed by atoms with van der Waals surface area (Å²) in [6.45, 7) is 0. The van der Waals surface area contributed by atoms with Crippen molar-refractivity contribution in [2.24, 2.45) is 5.73 Å². The van der Waals surface area contributed by atoms with Gasteiger partial charge in [-0.1, -0.05) is 34.8 Å². The molecule has 5 aromatic heterocycles. The zero-order chi connectivity index (χ0) is 68.7. The summed E-state index contributed by atoms with van der Waals surface area (Å²) in [6.07, 6.45) is 16.3. The maximum absolute atomic E-state index is 14.3. The zero-order valence-corrected chi connectivity index (χ0v) is 54.4. The van der Waals surface area contributed by atoms with Crippen molar-refractivity contribution in [2.45, 2.75) is 100 Å². The minimum Gasteiger partial charge on any atom is -0.465 e. The van der Waals surface area contributed by atoms with Crippen LogP contribution in [0.25, 0.3) is 11.3 Å². The number of pyridine rings is 4. The van der Waals surface area contributed by atoms with Crippen molar-refractivity contribution in [1.29, 1.82) is 0 Å². The van der Waals surface area contributed by atoms with E-state index in [1.54, 1.807) is 76.8 Å². The van der Waals surface area contributed by atoms with Crippen LogP contribution in [-0.4, -0.2) is 121 Å². The number of ether oxygens (including phenoxy) is 3. The Balaban J connectivity index is 0.000000126. The molecule has 12 heterocycles. The van der Waals surface area contributed by atoms with Gasteiger partial charge in [-0.15, -0.1) is 0 Å². The highest BCUT2D eigenvalue weighted by Crippen LogP contribution is 2.46. The number of anilines is 3. The lowest BCUT2D eigenvalue weighted by molar-refractivity contribution is 0.0592. The van der Waals surface area contributed by atoms with Gasteiger partial charge >= 0.3 is 42.0 Å². The van der Waals surface area contributed by atoms with Crippen molar-refractivity contribution in [3.63, 3.8) is 0 Å². The molecule has 0 radical (unpaired) electrons. The van der Waals surface area contributed by atoms with Gasteiger partial charge in [-0.3, -0.25) is 23.9 Å². The van der Waals surface area contributed by atoms with E-state index in [1.807, 2.05) is 28.0 Å². The normalized spacial score (nSPS) is 18.9. The maximum atomic E-state index is 14.3. The highest BCUT2D eigenvalue weighted by atomic mass is 35.5. The Labute approximate surface area is 566 Å². The van der Waals surface area contributed by atoms with Gasteiger partial charge in [-0.2, -0.15) is 0 Å². The van der Waals surface area contributed by atoms with Crippen molar-refractivity contribution < 1.29 is 52.2 Å². The molecule has 0 spiro atoms. The second-order valence-corrected chi connectivity index (χ2v) is 25.2. The van der Waals surface area contributed by atoms with Crippen LogP contribution in [0.3, 0.4) is 0 Å². The van der Waals surface area contributed by atoms with E-state index in [9.17, 15) is 52.3 Å². The molecule has 3 fully saturated rings. The molecular formula is C68H62Cl3FN12O13. The van der Waals surface area contributed by atoms with Crippen LogP contribution in [0.5, 0.6) is 0 Å². The fraction of sp³-hybridized carbons (Fsp3) is 0.279. The van der Waals surface area contributed by atoms with Gasteiger partial charge in [-0.25, -0.2) is 38.0 Å². The number of benzene rings is 3. The fourth-order valence-corrected chi connectivity index (χ4v) is 14.9. The Morgan fingerprint density at radius 1 is 0.526 bits per heavy atom. The van der Waals surface area contributed by atoms with Crippen molar-refractivity contribution in [3.8, 4) is 11.3 Å². The summed E-state index contributed by atoms with van der Waals surface area (Å²) in [5.41, 5.74) is 16.0. The Kier molecular flexibility index (Phi) is 18.9. The first-order valence-electron chi connectivity index (χ1n) is 30.8. The van der Waals surface area contributed by atoms with E-state index >= 15 is 0 Å². The van der Waals surface area contributed by atoms with E-state index < -0.39 is 35.8 Å². The number of esters is 3. The lowest BCUT2D eigenvalue weighted by Crippen LogP contribution is -2.44. The number of carbonyl (C=O) groups is 7. The molecule has 0 saturated carbocycles. The number of nitrogens with two attached hydrogens (primary N) is 1. The predicted molar refractivity (Wildman–Crippen MR) is 356 cm³/mol. The molecule has 15 rings (SSSR count). The highest BCUT2D eigenvalue weighted by molar-refractivity contribution is 6.34. The largest absolute Gasteiger partial charge is 0.465 e. The summed E-state index contributed by atoms with van der Waals surface area (Å²) in [5.74, 6) is -2.57. The Hall–Kier alpha value is -10.6. The average Bonchev–Trinajstić information content (AvgIpc) is 1.61. The number of fused-ring (bicyclic) bond motifs is 16. The van der Waals surface area contributed by atoms with Crippen LogP contribution >= 0.6 is 34.8 Å². The van der Waals surface area contributed by atoms with Crippen molar-refractivity contribution >= 4 is 93.9 Å². The van der Waals surface area contributed by atoms with Crippen LogP contribution in [0, 0.1) is 5.82 Å². The number of nitrogens with zero attached hydrogens (tertiary/aromatic N) is 5. The van der Waals surface area contributed by atoms with Crippen LogP contribution in [0.15, 0.2) is 130 Å². The van der Waals surface area contributed by atoms with E-state index in [0.29, 0.717) is 30.6 Å². The number of halogens is 4. The molecule has 0 unspecified atom stereocenters. The molecule has 6 atom stereocenters. The number of urea groups is 3. The quantitative estimate of drug-likeness (QED) is 0.0601. The summed E-state index contributed by atoms with van der Waals surface area (Å²) < 4.78 is 29.9. The molecule has 7 aliphatic heterocycles. The molecule has 500 valence electrons. The monoisotopic (exact) mass is 1380 g/mol. The van der Waals surface area contributed by atoms with E-state index in [1.165, 1.54) is 51.2 Å². The Bertz CT molecular complexity index is 4730. The molecule has 29 heteroatoms. The van der Waals surface area contributed by atoms with E-state index in [-0.39, 0.29) is 102 Å².